The highest BCUT2D eigenvalue weighted by atomic mass is 16.6. The van der Waals surface area contributed by atoms with Crippen molar-refractivity contribution < 1.29 is 23.8 Å². The molecule has 1 atom stereocenters. The molecule has 0 aliphatic carbocycles. The van der Waals surface area contributed by atoms with E-state index in [9.17, 15) is 9.59 Å². The van der Waals surface area contributed by atoms with E-state index in [1.807, 2.05) is 0 Å². The number of esters is 2. The minimum absolute atomic E-state index is 0.0422. The number of hydrogen-bond acceptors (Lipinski definition) is 5. The summed E-state index contributed by atoms with van der Waals surface area (Å²) >= 11 is 0. The van der Waals surface area contributed by atoms with E-state index in [-0.39, 0.29) is 25.2 Å². The highest BCUT2D eigenvalue weighted by molar-refractivity contribution is 5.70. The molecule has 0 aromatic carbocycles. The smallest absolute Gasteiger partial charge is 0.306 e. The summed E-state index contributed by atoms with van der Waals surface area (Å²) in [6.45, 7) is 7.35. The van der Waals surface area contributed by atoms with E-state index in [2.05, 4.69) is 142 Å². The highest BCUT2D eigenvalue weighted by Crippen LogP contribution is 2.11. The molecule has 1 unspecified atom stereocenters. The van der Waals surface area contributed by atoms with Crippen LogP contribution in [0.15, 0.2) is 122 Å². The molecule has 0 fully saturated rings. The van der Waals surface area contributed by atoms with Crippen LogP contribution in [0.3, 0.4) is 0 Å². The summed E-state index contributed by atoms with van der Waals surface area (Å²) in [6.07, 6.45) is 69.2. The van der Waals surface area contributed by atoms with Gasteiger partial charge in [-0.2, -0.15) is 0 Å². The Morgan fingerprint density at radius 1 is 0.367 bits per heavy atom. The first-order valence-electron chi connectivity index (χ1n) is 24.1. The summed E-state index contributed by atoms with van der Waals surface area (Å²) in [5.74, 6) is -0.487. The fourth-order valence-electron chi connectivity index (χ4n) is 6.00. The maximum absolute atomic E-state index is 12.7. The van der Waals surface area contributed by atoms with E-state index in [1.54, 1.807) is 0 Å². The SMILES string of the molecule is CC/C=C\C/C=C\C/C=C\C/C=C\CCCCCCCOCC(COC(=O)CCCCC/C=C\C/C=C\C/C=C\CC)OC(=O)CCCCC/C=C\C/C=C\C/C=C\CC. The van der Waals surface area contributed by atoms with Gasteiger partial charge in [0.05, 0.1) is 6.61 Å². The minimum atomic E-state index is -0.581. The second-order valence-electron chi connectivity index (χ2n) is 15.2. The van der Waals surface area contributed by atoms with E-state index >= 15 is 0 Å². The largest absolute Gasteiger partial charge is 0.462 e. The normalized spacial score (nSPS) is 13.3. The van der Waals surface area contributed by atoms with E-state index in [0.717, 1.165) is 135 Å². The fourth-order valence-corrected chi connectivity index (χ4v) is 6.00. The predicted molar refractivity (Wildman–Crippen MR) is 260 cm³/mol. The van der Waals surface area contributed by atoms with Crippen molar-refractivity contribution in [2.24, 2.45) is 0 Å². The Morgan fingerprint density at radius 2 is 0.700 bits per heavy atom. The molecule has 5 heteroatoms. The molecule has 60 heavy (non-hydrogen) atoms. The van der Waals surface area contributed by atoms with E-state index in [0.29, 0.717) is 19.4 Å². The standard InChI is InChI=1S/C55H88O5/c1-4-7-10-13-16-19-22-25-26-27-28-29-32-35-38-41-44-47-50-58-51-53(60-55(57)49-46-43-40-37-34-31-24-21-18-15-12-9-6-3)52-59-54(56)48-45-42-39-36-33-30-23-20-17-14-11-8-5-2/h7-12,16-21,25-26,28-31,33-34,53H,4-6,13-15,22-24,27,32,35-52H2,1-3H3/b10-7-,11-8-,12-9-,19-16-,20-17-,21-18-,26-25-,29-28-,33-30-,34-31-. The Morgan fingerprint density at radius 3 is 1.12 bits per heavy atom. The van der Waals surface area contributed by atoms with Gasteiger partial charge in [-0.25, -0.2) is 0 Å². The van der Waals surface area contributed by atoms with Crippen molar-refractivity contribution >= 4 is 11.9 Å². The van der Waals surface area contributed by atoms with Crippen LogP contribution in [-0.4, -0.2) is 37.9 Å². The van der Waals surface area contributed by atoms with Gasteiger partial charge in [-0.05, 0) is 122 Å². The molecule has 0 amide bonds. The van der Waals surface area contributed by atoms with E-state index < -0.39 is 6.10 Å². The molecule has 0 saturated heterocycles. The summed E-state index contributed by atoms with van der Waals surface area (Å²) in [4.78, 5) is 25.3. The van der Waals surface area contributed by atoms with Crippen LogP contribution in [-0.2, 0) is 23.8 Å². The van der Waals surface area contributed by atoms with Crippen LogP contribution < -0.4 is 0 Å². The van der Waals surface area contributed by atoms with Gasteiger partial charge in [0.1, 0.15) is 6.61 Å². The number of carbonyl (C=O) groups excluding carboxylic acids is 2. The molecule has 0 bridgehead atoms. The van der Waals surface area contributed by atoms with Crippen molar-refractivity contribution in [1.82, 2.24) is 0 Å². The second kappa shape index (κ2) is 49.7. The number of carbonyl (C=O) groups is 2. The third-order valence-corrected chi connectivity index (χ3v) is 9.47. The Balaban J connectivity index is 4.41. The molecule has 0 radical (unpaired) electrons. The van der Waals surface area contributed by atoms with Gasteiger partial charge in [-0.15, -0.1) is 0 Å². The van der Waals surface area contributed by atoms with Crippen LogP contribution in [0.4, 0.5) is 0 Å². The highest BCUT2D eigenvalue weighted by Gasteiger charge is 2.17. The van der Waals surface area contributed by atoms with Crippen molar-refractivity contribution in [2.45, 2.75) is 194 Å². The van der Waals surface area contributed by atoms with Crippen LogP contribution in [0.1, 0.15) is 188 Å². The zero-order valence-corrected chi connectivity index (χ0v) is 38.7. The zero-order valence-electron chi connectivity index (χ0n) is 38.7. The van der Waals surface area contributed by atoms with Crippen LogP contribution in [0.25, 0.3) is 0 Å². The van der Waals surface area contributed by atoms with Gasteiger partial charge >= 0.3 is 11.9 Å². The molecule has 0 aromatic heterocycles. The van der Waals surface area contributed by atoms with E-state index in [1.165, 1.54) is 19.3 Å². The topological polar surface area (TPSA) is 61.8 Å². The Hall–Kier alpha value is -3.70. The third-order valence-electron chi connectivity index (χ3n) is 9.47. The van der Waals surface area contributed by atoms with Gasteiger partial charge in [-0.1, -0.05) is 174 Å². The summed E-state index contributed by atoms with van der Waals surface area (Å²) in [5, 5.41) is 0. The molecule has 0 N–H and O–H groups in total. The Kier molecular flexibility index (Phi) is 46.6. The van der Waals surface area contributed by atoms with Gasteiger partial charge < -0.3 is 14.2 Å². The third kappa shape index (κ3) is 47.0. The summed E-state index contributed by atoms with van der Waals surface area (Å²) in [5.41, 5.74) is 0. The first-order chi connectivity index (χ1) is 29.6. The van der Waals surface area contributed by atoms with Gasteiger partial charge in [0.15, 0.2) is 6.10 Å². The van der Waals surface area contributed by atoms with Gasteiger partial charge in [0.2, 0.25) is 0 Å². The van der Waals surface area contributed by atoms with Crippen LogP contribution in [0.2, 0.25) is 0 Å². The lowest BCUT2D eigenvalue weighted by atomic mass is 10.1. The van der Waals surface area contributed by atoms with Gasteiger partial charge in [0.25, 0.3) is 0 Å². The summed E-state index contributed by atoms with van der Waals surface area (Å²) < 4.78 is 17.3. The quantitative estimate of drug-likeness (QED) is 0.0348. The number of unbranched alkanes of at least 4 members (excludes halogenated alkanes) is 11. The van der Waals surface area contributed by atoms with Gasteiger partial charge in [-0.3, -0.25) is 9.59 Å². The first-order valence-corrected chi connectivity index (χ1v) is 24.1. The average molecular weight is 829 g/mol. The lowest BCUT2D eigenvalue weighted by Gasteiger charge is -2.18. The first kappa shape index (κ1) is 56.3. The second-order valence-corrected chi connectivity index (χ2v) is 15.2. The number of rotatable bonds is 42. The maximum atomic E-state index is 12.7. The molecule has 0 rings (SSSR count). The Bertz CT molecular complexity index is 1260. The molecule has 0 aromatic rings. The average Bonchev–Trinajstić information content (AvgIpc) is 3.25. The number of hydrogen-bond donors (Lipinski definition) is 0. The van der Waals surface area contributed by atoms with Crippen LogP contribution in [0, 0.1) is 0 Å². The molecule has 0 heterocycles. The van der Waals surface area contributed by atoms with Crippen molar-refractivity contribution in [3.8, 4) is 0 Å². The molecule has 5 nitrogen and oxygen atoms in total. The lowest BCUT2D eigenvalue weighted by Crippen LogP contribution is -2.30. The van der Waals surface area contributed by atoms with Crippen molar-refractivity contribution in [3.05, 3.63) is 122 Å². The summed E-state index contributed by atoms with van der Waals surface area (Å²) in [7, 11) is 0. The molecule has 0 saturated carbocycles. The van der Waals surface area contributed by atoms with Crippen molar-refractivity contribution in [3.63, 3.8) is 0 Å². The lowest BCUT2D eigenvalue weighted by molar-refractivity contribution is -0.163. The van der Waals surface area contributed by atoms with Crippen molar-refractivity contribution in [2.75, 3.05) is 19.8 Å². The molecular weight excluding hydrogens is 741 g/mol. The Labute approximate surface area is 369 Å². The van der Waals surface area contributed by atoms with E-state index in [4.69, 9.17) is 14.2 Å². The fraction of sp³-hybridized carbons (Fsp3) is 0.600. The molecule has 0 aliphatic rings. The van der Waals surface area contributed by atoms with Crippen LogP contribution >= 0.6 is 0 Å². The maximum Gasteiger partial charge on any atom is 0.306 e. The molecule has 338 valence electrons. The molecule has 0 aliphatic heterocycles. The van der Waals surface area contributed by atoms with Crippen LogP contribution in [0.5, 0.6) is 0 Å². The van der Waals surface area contributed by atoms with Crippen molar-refractivity contribution in [1.29, 1.82) is 0 Å². The zero-order chi connectivity index (χ0) is 43.5. The molecular formula is C55H88O5. The number of allylic oxidation sites excluding steroid dienone is 20. The summed E-state index contributed by atoms with van der Waals surface area (Å²) in [6, 6.07) is 0. The minimum Gasteiger partial charge on any atom is -0.462 e. The monoisotopic (exact) mass is 829 g/mol. The van der Waals surface area contributed by atoms with Gasteiger partial charge in [0, 0.05) is 19.4 Å². The molecule has 0 spiro atoms. The number of ether oxygens (including phenoxy) is 3. The predicted octanol–water partition coefficient (Wildman–Crippen LogP) is 16.2.